The third kappa shape index (κ3) is 1.87. The van der Waals surface area contributed by atoms with Crippen LogP contribution in [0.3, 0.4) is 0 Å². The number of rotatable bonds is 1. The van der Waals surface area contributed by atoms with Gasteiger partial charge in [-0.15, -0.1) is 0 Å². The summed E-state index contributed by atoms with van der Waals surface area (Å²) >= 11 is 6.74. The summed E-state index contributed by atoms with van der Waals surface area (Å²) in [5.41, 5.74) is 1.39. The predicted octanol–water partition coefficient (Wildman–Crippen LogP) is 1.59. The molecule has 0 bridgehead atoms. The Morgan fingerprint density at radius 1 is 1.69 bits per heavy atom. The molecule has 1 aromatic heterocycles. The molecule has 1 aliphatic heterocycles. The molecule has 0 N–H and O–H groups in total. The number of aromatic nitrogens is 2. The molecule has 1 fully saturated rings. The predicted molar refractivity (Wildman–Crippen MR) is 68.6 cm³/mol. The zero-order valence-corrected chi connectivity index (χ0v) is 11.1. The number of carbonyl (C=O) groups excluding carboxylic acids is 1. The standard InChI is InChI=1S/C10H13N3OS2/c1-6-5-16-10(15)13(6)9(14)8-4-12(3)11-7(8)2/h4,6H,5H2,1-3H3. The highest BCUT2D eigenvalue weighted by atomic mass is 32.2. The Morgan fingerprint density at radius 2 is 2.38 bits per heavy atom. The van der Waals surface area contributed by atoms with E-state index in [9.17, 15) is 4.79 Å². The minimum atomic E-state index is -0.0342. The normalized spacial score (nSPS) is 20.6. The van der Waals surface area contributed by atoms with Gasteiger partial charge < -0.3 is 0 Å². The van der Waals surface area contributed by atoms with E-state index >= 15 is 0 Å². The van der Waals surface area contributed by atoms with Crippen molar-refractivity contribution in [2.24, 2.45) is 7.05 Å². The number of aryl methyl sites for hydroxylation is 2. The van der Waals surface area contributed by atoms with Gasteiger partial charge in [0.05, 0.1) is 11.3 Å². The Kier molecular flexibility index (Phi) is 3.03. The van der Waals surface area contributed by atoms with Gasteiger partial charge in [-0.1, -0.05) is 24.0 Å². The lowest BCUT2D eigenvalue weighted by Crippen LogP contribution is -2.36. The minimum Gasteiger partial charge on any atom is -0.290 e. The fraction of sp³-hybridized carbons (Fsp3) is 0.500. The van der Waals surface area contributed by atoms with Gasteiger partial charge in [-0.25, -0.2) is 0 Å². The highest BCUT2D eigenvalue weighted by Crippen LogP contribution is 2.26. The number of hydrogen-bond donors (Lipinski definition) is 0. The third-order valence-electron chi connectivity index (χ3n) is 2.55. The SMILES string of the molecule is Cc1nn(C)cc1C(=O)N1C(=S)SCC1C. The van der Waals surface area contributed by atoms with E-state index in [1.807, 2.05) is 20.9 Å². The first kappa shape index (κ1) is 11.6. The molecular formula is C10H13N3OS2. The summed E-state index contributed by atoms with van der Waals surface area (Å²) in [5, 5.41) is 4.17. The van der Waals surface area contributed by atoms with Crippen LogP contribution in [0.25, 0.3) is 0 Å². The average Bonchev–Trinajstić information content (AvgIpc) is 2.70. The van der Waals surface area contributed by atoms with Crippen LogP contribution in [0.4, 0.5) is 0 Å². The first-order valence-electron chi connectivity index (χ1n) is 5.01. The van der Waals surface area contributed by atoms with Crippen LogP contribution >= 0.6 is 24.0 Å². The Balaban J connectivity index is 2.32. The fourth-order valence-electron chi connectivity index (χ4n) is 1.74. The largest absolute Gasteiger partial charge is 0.290 e. The summed E-state index contributed by atoms with van der Waals surface area (Å²) in [6, 6.07) is 0.171. The number of amides is 1. The van der Waals surface area contributed by atoms with Gasteiger partial charge in [-0.05, 0) is 13.8 Å². The van der Waals surface area contributed by atoms with Crippen LogP contribution in [0.1, 0.15) is 23.0 Å². The van der Waals surface area contributed by atoms with E-state index in [1.165, 1.54) is 0 Å². The molecule has 0 aromatic carbocycles. The molecule has 6 heteroatoms. The lowest BCUT2D eigenvalue weighted by atomic mass is 10.2. The van der Waals surface area contributed by atoms with Crippen LogP contribution in [-0.2, 0) is 7.05 Å². The summed E-state index contributed by atoms with van der Waals surface area (Å²) in [6.45, 7) is 3.85. The second-order valence-electron chi connectivity index (χ2n) is 3.90. The molecule has 1 saturated heterocycles. The zero-order valence-electron chi connectivity index (χ0n) is 9.43. The van der Waals surface area contributed by atoms with E-state index in [0.717, 1.165) is 11.4 Å². The Morgan fingerprint density at radius 3 is 2.81 bits per heavy atom. The number of thioether (sulfide) groups is 1. The van der Waals surface area contributed by atoms with E-state index in [2.05, 4.69) is 5.10 Å². The third-order valence-corrected chi connectivity index (χ3v) is 4.19. The van der Waals surface area contributed by atoms with Crippen LogP contribution in [0.2, 0.25) is 0 Å². The monoisotopic (exact) mass is 255 g/mol. The van der Waals surface area contributed by atoms with E-state index in [0.29, 0.717) is 9.88 Å². The highest BCUT2D eigenvalue weighted by Gasteiger charge is 2.32. The maximum atomic E-state index is 12.3. The molecule has 1 aliphatic rings. The van der Waals surface area contributed by atoms with E-state index in [4.69, 9.17) is 12.2 Å². The van der Waals surface area contributed by atoms with Gasteiger partial charge in [0.2, 0.25) is 0 Å². The van der Waals surface area contributed by atoms with Gasteiger partial charge in [0, 0.05) is 25.0 Å². The zero-order chi connectivity index (χ0) is 11.9. The molecule has 1 unspecified atom stereocenters. The molecule has 16 heavy (non-hydrogen) atoms. The van der Waals surface area contributed by atoms with Crippen LogP contribution in [0, 0.1) is 6.92 Å². The Labute approximate surface area is 104 Å². The van der Waals surface area contributed by atoms with Crippen LogP contribution in [0.15, 0.2) is 6.20 Å². The average molecular weight is 255 g/mol. The summed E-state index contributed by atoms with van der Waals surface area (Å²) in [7, 11) is 1.81. The molecule has 0 aliphatic carbocycles. The Bertz CT molecular complexity index is 455. The molecule has 0 spiro atoms. The molecule has 0 saturated carbocycles. The van der Waals surface area contributed by atoms with Crippen LogP contribution in [-0.4, -0.2) is 36.7 Å². The maximum Gasteiger partial charge on any atom is 0.263 e. The fourth-order valence-corrected chi connectivity index (χ4v) is 3.14. The molecule has 1 aromatic rings. The van der Waals surface area contributed by atoms with Crippen LogP contribution in [0.5, 0.6) is 0 Å². The summed E-state index contributed by atoms with van der Waals surface area (Å²) in [6.07, 6.45) is 1.75. The van der Waals surface area contributed by atoms with Crippen molar-refractivity contribution in [3.05, 3.63) is 17.5 Å². The molecule has 0 radical (unpaired) electrons. The molecule has 1 atom stereocenters. The molecule has 2 heterocycles. The topological polar surface area (TPSA) is 38.1 Å². The van der Waals surface area contributed by atoms with Gasteiger partial charge in [-0.3, -0.25) is 14.4 Å². The van der Waals surface area contributed by atoms with Gasteiger partial charge >= 0.3 is 0 Å². The second kappa shape index (κ2) is 4.18. The van der Waals surface area contributed by atoms with Crippen molar-refractivity contribution in [1.82, 2.24) is 14.7 Å². The van der Waals surface area contributed by atoms with Crippen molar-refractivity contribution in [3.63, 3.8) is 0 Å². The highest BCUT2D eigenvalue weighted by molar-refractivity contribution is 8.23. The number of hydrogen-bond acceptors (Lipinski definition) is 4. The molecule has 4 nitrogen and oxygen atoms in total. The van der Waals surface area contributed by atoms with Gasteiger partial charge in [-0.2, -0.15) is 5.10 Å². The molecule has 1 amide bonds. The summed E-state index contributed by atoms with van der Waals surface area (Å²) < 4.78 is 2.32. The first-order valence-corrected chi connectivity index (χ1v) is 6.40. The first-order chi connectivity index (χ1) is 7.50. The lowest BCUT2D eigenvalue weighted by Gasteiger charge is -2.19. The molecular weight excluding hydrogens is 242 g/mol. The van der Waals surface area contributed by atoms with Crippen molar-refractivity contribution in [2.45, 2.75) is 19.9 Å². The van der Waals surface area contributed by atoms with E-state index < -0.39 is 0 Å². The molecule has 86 valence electrons. The van der Waals surface area contributed by atoms with Gasteiger partial charge in [0.25, 0.3) is 5.91 Å². The van der Waals surface area contributed by atoms with Gasteiger partial charge in [0.15, 0.2) is 0 Å². The van der Waals surface area contributed by atoms with Crippen molar-refractivity contribution in [2.75, 3.05) is 5.75 Å². The summed E-state index contributed by atoms with van der Waals surface area (Å²) in [5.74, 6) is 0.845. The maximum absolute atomic E-state index is 12.3. The van der Waals surface area contributed by atoms with Crippen molar-refractivity contribution in [1.29, 1.82) is 0 Å². The second-order valence-corrected chi connectivity index (χ2v) is 5.56. The van der Waals surface area contributed by atoms with Crippen molar-refractivity contribution in [3.8, 4) is 0 Å². The van der Waals surface area contributed by atoms with Gasteiger partial charge in [0.1, 0.15) is 4.32 Å². The van der Waals surface area contributed by atoms with Crippen LogP contribution < -0.4 is 0 Å². The molecule has 2 rings (SSSR count). The van der Waals surface area contributed by atoms with Crippen molar-refractivity contribution < 1.29 is 4.79 Å². The quantitative estimate of drug-likeness (QED) is 0.714. The van der Waals surface area contributed by atoms with E-state index in [-0.39, 0.29) is 11.9 Å². The number of thiocarbonyl (C=S) groups is 1. The van der Waals surface area contributed by atoms with Crippen molar-refractivity contribution >= 4 is 34.2 Å². The minimum absolute atomic E-state index is 0.0342. The number of nitrogens with zero attached hydrogens (tertiary/aromatic N) is 3. The number of carbonyl (C=O) groups is 1. The Hall–Kier alpha value is -0.880. The summed E-state index contributed by atoms with van der Waals surface area (Å²) in [4.78, 5) is 14.0. The smallest absolute Gasteiger partial charge is 0.263 e. The lowest BCUT2D eigenvalue weighted by molar-refractivity contribution is 0.0830. The van der Waals surface area contributed by atoms with E-state index in [1.54, 1.807) is 27.5 Å².